The first-order chi connectivity index (χ1) is 5.52. The molecule has 4 heteroatoms. The van der Waals surface area contributed by atoms with Gasteiger partial charge in [0.05, 0.1) is 12.2 Å². The van der Waals surface area contributed by atoms with E-state index in [4.69, 9.17) is 4.74 Å². The highest BCUT2D eigenvalue weighted by Gasteiger charge is 2.19. The van der Waals surface area contributed by atoms with Crippen LogP contribution < -0.4 is 0 Å². The Morgan fingerprint density at radius 3 is 2.67 bits per heavy atom. The molecule has 1 N–H and O–H groups in total. The summed E-state index contributed by atoms with van der Waals surface area (Å²) >= 11 is 2.10. The van der Waals surface area contributed by atoms with Gasteiger partial charge in [0.15, 0.2) is 0 Å². The maximum atomic E-state index is 10.9. The fourth-order valence-electron chi connectivity index (χ4n) is 0.671. The molecule has 0 bridgehead atoms. The van der Waals surface area contributed by atoms with Gasteiger partial charge in [-0.1, -0.05) is 22.6 Å². The van der Waals surface area contributed by atoms with Gasteiger partial charge in [0.1, 0.15) is 0 Å². The second-order valence-corrected chi connectivity index (χ2v) is 3.70. The molecule has 0 saturated heterocycles. The zero-order valence-electron chi connectivity index (χ0n) is 7.47. The fourth-order valence-corrected chi connectivity index (χ4v) is 1.05. The van der Waals surface area contributed by atoms with Crippen LogP contribution in [-0.2, 0) is 9.53 Å². The van der Waals surface area contributed by atoms with Crippen molar-refractivity contribution in [1.82, 2.24) is 0 Å². The van der Waals surface area contributed by atoms with Crippen LogP contribution in [0, 0.1) is 0 Å². The molecule has 0 amide bonds. The first-order valence-corrected chi connectivity index (χ1v) is 5.48. The van der Waals surface area contributed by atoms with Crippen LogP contribution in [0.4, 0.5) is 0 Å². The third-order valence-electron chi connectivity index (χ3n) is 1.46. The van der Waals surface area contributed by atoms with E-state index in [0.717, 1.165) is 0 Å². The Bertz CT molecular complexity index is 145. The van der Waals surface area contributed by atoms with Gasteiger partial charge in [0, 0.05) is 10.8 Å². The van der Waals surface area contributed by atoms with E-state index in [1.165, 1.54) is 0 Å². The van der Waals surface area contributed by atoms with Gasteiger partial charge in [0.25, 0.3) is 0 Å². The molecular weight excluding hydrogens is 271 g/mol. The number of aliphatic hydroxyl groups is 1. The molecule has 1 atom stereocenters. The lowest BCUT2D eigenvalue weighted by molar-refractivity contribution is -0.144. The Morgan fingerprint density at radius 2 is 2.25 bits per heavy atom. The molecule has 0 fully saturated rings. The highest BCUT2D eigenvalue weighted by molar-refractivity contribution is 14.1. The molecular formula is C8H15IO3. The van der Waals surface area contributed by atoms with E-state index in [-0.39, 0.29) is 5.97 Å². The smallest absolute Gasteiger partial charge is 0.305 e. The second kappa shape index (κ2) is 5.75. The quantitative estimate of drug-likeness (QED) is 0.473. The van der Waals surface area contributed by atoms with E-state index < -0.39 is 5.60 Å². The van der Waals surface area contributed by atoms with Gasteiger partial charge in [-0.3, -0.25) is 4.79 Å². The minimum absolute atomic E-state index is 0.234. The van der Waals surface area contributed by atoms with Gasteiger partial charge in [-0.25, -0.2) is 0 Å². The van der Waals surface area contributed by atoms with Crippen molar-refractivity contribution >= 4 is 28.6 Å². The Balaban J connectivity index is 3.60. The molecule has 0 aliphatic heterocycles. The van der Waals surface area contributed by atoms with Crippen molar-refractivity contribution < 1.29 is 14.6 Å². The predicted molar refractivity (Wildman–Crippen MR) is 55.4 cm³/mol. The number of halogens is 1. The summed E-state index contributed by atoms with van der Waals surface area (Å²) in [5.74, 6) is -0.234. The number of rotatable bonds is 5. The van der Waals surface area contributed by atoms with Crippen LogP contribution in [0.25, 0.3) is 0 Å². The maximum Gasteiger partial charge on any atom is 0.305 e. The Kier molecular flexibility index (Phi) is 5.82. The third-order valence-corrected chi connectivity index (χ3v) is 3.10. The molecule has 0 aliphatic rings. The normalized spacial score (nSPS) is 15.3. The molecule has 0 aromatic carbocycles. The van der Waals surface area contributed by atoms with Gasteiger partial charge in [-0.05, 0) is 20.3 Å². The number of hydrogen-bond donors (Lipinski definition) is 1. The van der Waals surface area contributed by atoms with E-state index >= 15 is 0 Å². The van der Waals surface area contributed by atoms with Gasteiger partial charge in [0.2, 0.25) is 0 Å². The summed E-state index contributed by atoms with van der Waals surface area (Å²) < 4.78 is 5.36. The SMILES string of the molecule is CCOC(=O)CCC(C)(O)CI. The van der Waals surface area contributed by atoms with Gasteiger partial charge in [-0.2, -0.15) is 0 Å². The first-order valence-electron chi connectivity index (χ1n) is 3.96. The summed E-state index contributed by atoms with van der Waals surface area (Å²) in [5, 5.41) is 9.53. The number of ether oxygens (including phenoxy) is 1. The van der Waals surface area contributed by atoms with E-state index in [1.807, 2.05) is 0 Å². The summed E-state index contributed by atoms with van der Waals surface area (Å²) in [6.45, 7) is 3.90. The van der Waals surface area contributed by atoms with Crippen molar-refractivity contribution in [3.63, 3.8) is 0 Å². The van der Waals surface area contributed by atoms with Crippen LogP contribution in [0.15, 0.2) is 0 Å². The van der Waals surface area contributed by atoms with Gasteiger partial charge in [-0.15, -0.1) is 0 Å². The van der Waals surface area contributed by atoms with Gasteiger partial charge < -0.3 is 9.84 Å². The number of carbonyl (C=O) groups is 1. The molecule has 0 aromatic heterocycles. The number of hydrogen-bond acceptors (Lipinski definition) is 3. The molecule has 0 rings (SSSR count). The average Bonchev–Trinajstić information content (AvgIpc) is 2.02. The highest BCUT2D eigenvalue weighted by atomic mass is 127. The van der Waals surface area contributed by atoms with Crippen molar-refractivity contribution in [2.45, 2.75) is 32.3 Å². The Morgan fingerprint density at radius 1 is 1.67 bits per heavy atom. The van der Waals surface area contributed by atoms with E-state index in [1.54, 1.807) is 13.8 Å². The Labute approximate surface area is 86.6 Å². The lowest BCUT2D eigenvalue weighted by Crippen LogP contribution is -2.27. The van der Waals surface area contributed by atoms with Crippen LogP contribution in [0.5, 0.6) is 0 Å². The van der Waals surface area contributed by atoms with Crippen LogP contribution >= 0.6 is 22.6 Å². The van der Waals surface area contributed by atoms with E-state index in [2.05, 4.69) is 22.6 Å². The molecule has 0 heterocycles. The van der Waals surface area contributed by atoms with Crippen molar-refractivity contribution in [2.75, 3.05) is 11.0 Å². The summed E-state index contributed by atoms with van der Waals surface area (Å²) in [6, 6.07) is 0. The summed E-state index contributed by atoms with van der Waals surface area (Å²) in [6.07, 6.45) is 0.763. The number of carbonyl (C=O) groups excluding carboxylic acids is 1. The van der Waals surface area contributed by atoms with Crippen molar-refractivity contribution in [1.29, 1.82) is 0 Å². The van der Waals surface area contributed by atoms with Crippen molar-refractivity contribution in [3.05, 3.63) is 0 Å². The third kappa shape index (κ3) is 5.77. The molecule has 0 spiro atoms. The van der Waals surface area contributed by atoms with Crippen LogP contribution in [-0.4, -0.2) is 27.7 Å². The molecule has 0 radical (unpaired) electrons. The number of esters is 1. The minimum Gasteiger partial charge on any atom is -0.466 e. The molecule has 72 valence electrons. The largest absolute Gasteiger partial charge is 0.466 e. The highest BCUT2D eigenvalue weighted by Crippen LogP contribution is 2.15. The molecule has 0 saturated carbocycles. The fraction of sp³-hybridized carbons (Fsp3) is 0.875. The van der Waals surface area contributed by atoms with E-state index in [9.17, 15) is 9.90 Å². The molecule has 1 unspecified atom stereocenters. The van der Waals surface area contributed by atoms with Crippen LogP contribution in [0.2, 0.25) is 0 Å². The van der Waals surface area contributed by atoms with Crippen molar-refractivity contribution in [2.24, 2.45) is 0 Å². The average molecular weight is 286 g/mol. The summed E-state index contributed by atoms with van der Waals surface area (Å²) in [7, 11) is 0. The van der Waals surface area contributed by atoms with Gasteiger partial charge >= 0.3 is 5.97 Å². The lowest BCUT2D eigenvalue weighted by Gasteiger charge is -2.19. The monoisotopic (exact) mass is 286 g/mol. The summed E-state index contributed by atoms with van der Waals surface area (Å²) in [5.41, 5.74) is -0.743. The zero-order chi connectivity index (χ0) is 9.61. The second-order valence-electron chi connectivity index (χ2n) is 2.94. The van der Waals surface area contributed by atoms with Crippen LogP contribution in [0.3, 0.4) is 0 Å². The first kappa shape index (κ1) is 12.2. The topological polar surface area (TPSA) is 46.5 Å². The molecule has 12 heavy (non-hydrogen) atoms. The summed E-state index contributed by atoms with van der Waals surface area (Å²) in [4.78, 5) is 10.9. The van der Waals surface area contributed by atoms with Crippen molar-refractivity contribution in [3.8, 4) is 0 Å². The zero-order valence-corrected chi connectivity index (χ0v) is 9.63. The standard InChI is InChI=1S/C8H15IO3/c1-3-12-7(10)4-5-8(2,11)6-9/h11H,3-6H2,1-2H3. The maximum absolute atomic E-state index is 10.9. The van der Waals surface area contributed by atoms with E-state index in [0.29, 0.717) is 23.9 Å². The number of alkyl halides is 1. The minimum atomic E-state index is -0.743. The molecule has 0 aliphatic carbocycles. The predicted octanol–water partition coefficient (Wildman–Crippen LogP) is 1.52. The van der Waals surface area contributed by atoms with Crippen LogP contribution in [0.1, 0.15) is 26.7 Å². The Hall–Kier alpha value is 0.160. The lowest BCUT2D eigenvalue weighted by atomic mass is 10.0. The molecule has 3 nitrogen and oxygen atoms in total. The molecule has 0 aromatic rings.